The fourth-order valence-electron chi connectivity index (χ4n) is 2.01. The normalized spacial score (nSPS) is 11.0. The Kier molecular flexibility index (Phi) is 4.34. The maximum absolute atomic E-state index is 5.67. The van der Waals surface area contributed by atoms with Crippen LogP contribution in [0.1, 0.15) is 11.5 Å². The molecule has 4 nitrogen and oxygen atoms in total. The Labute approximate surface area is 136 Å². The summed E-state index contributed by atoms with van der Waals surface area (Å²) in [6.45, 7) is 0. The lowest BCUT2D eigenvalue weighted by molar-refractivity contribution is 0.414. The summed E-state index contributed by atoms with van der Waals surface area (Å²) in [6, 6.07) is 15.5. The van der Waals surface area contributed by atoms with E-state index in [1.165, 1.54) is 0 Å². The molecule has 1 aromatic heterocycles. The van der Waals surface area contributed by atoms with Gasteiger partial charge in [0, 0.05) is 16.1 Å². The van der Waals surface area contributed by atoms with Crippen molar-refractivity contribution in [2.45, 2.75) is 0 Å². The molecule has 22 heavy (non-hydrogen) atoms. The Hall–Kier alpha value is -2.40. The predicted octanol–water partition coefficient (Wildman–Crippen LogP) is 4.68. The van der Waals surface area contributed by atoms with Crippen molar-refractivity contribution >= 4 is 28.1 Å². The van der Waals surface area contributed by atoms with Crippen LogP contribution in [0.15, 0.2) is 57.4 Å². The first-order valence-corrected chi connectivity index (χ1v) is 7.47. The van der Waals surface area contributed by atoms with E-state index in [9.17, 15) is 0 Å². The van der Waals surface area contributed by atoms with E-state index in [2.05, 4.69) is 26.1 Å². The van der Waals surface area contributed by atoms with Crippen molar-refractivity contribution in [2.24, 2.45) is 0 Å². The lowest BCUT2D eigenvalue weighted by atomic mass is 10.2. The average molecular weight is 357 g/mol. The molecule has 0 radical (unpaired) electrons. The van der Waals surface area contributed by atoms with Gasteiger partial charge in [-0.2, -0.15) is 0 Å². The minimum atomic E-state index is 0.441. The zero-order chi connectivity index (χ0) is 15.4. The molecule has 0 bridgehead atoms. The van der Waals surface area contributed by atoms with Crippen LogP contribution in [-0.2, 0) is 0 Å². The van der Waals surface area contributed by atoms with Crippen molar-refractivity contribution in [1.29, 1.82) is 0 Å². The Bertz CT molecular complexity index is 812. The number of halogens is 1. The third-order valence-electron chi connectivity index (χ3n) is 3.09. The van der Waals surface area contributed by atoms with Gasteiger partial charge in [0.1, 0.15) is 5.75 Å². The number of nitrogens with zero attached hydrogens (tertiary/aromatic N) is 2. The van der Waals surface area contributed by atoms with Gasteiger partial charge in [-0.25, -0.2) is 0 Å². The molecule has 2 aromatic carbocycles. The fourth-order valence-corrected chi connectivity index (χ4v) is 2.46. The highest BCUT2D eigenvalue weighted by molar-refractivity contribution is 9.10. The van der Waals surface area contributed by atoms with Crippen LogP contribution in [0.2, 0.25) is 0 Å². The van der Waals surface area contributed by atoms with Crippen molar-refractivity contribution in [2.75, 3.05) is 7.11 Å². The highest BCUT2D eigenvalue weighted by atomic mass is 79.9. The molecule has 0 aliphatic carbocycles. The molecule has 0 saturated heterocycles. The first-order chi connectivity index (χ1) is 10.8. The molecule has 0 aliphatic heterocycles. The third kappa shape index (κ3) is 3.09. The maximum atomic E-state index is 5.67. The molecule has 3 rings (SSSR count). The summed E-state index contributed by atoms with van der Waals surface area (Å²) < 4.78 is 11.9. The summed E-state index contributed by atoms with van der Waals surface area (Å²) in [6.07, 6.45) is 3.65. The molecule has 0 aliphatic rings. The van der Waals surface area contributed by atoms with E-state index in [4.69, 9.17) is 9.15 Å². The monoisotopic (exact) mass is 356 g/mol. The van der Waals surface area contributed by atoms with Gasteiger partial charge in [-0.1, -0.05) is 30.3 Å². The van der Waals surface area contributed by atoms with Crippen LogP contribution < -0.4 is 4.74 Å². The van der Waals surface area contributed by atoms with Gasteiger partial charge in [-0.05, 0) is 40.2 Å². The second-order valence-corrected chi connectivity index (χ2v) is 5.35. The van der Waals surface area contributed by atoms with Gasteiger partial charge < -0.3 is 9.15 Å². The smallest absolute Gasteiger partial charge is 0.249 e. The Morgan fingerprint density at radius 3 is 2.59 bits per heavy atom. The molecular formula is C17H13BrN2O2. The number of benzene rings is 2. The van der Waals surface area contributed by atoms with Gasteiger partial charge >= 0.3 is 0 Å². The second kappa shape index (κ2) is 6.58. The van der Waals surface area contributed by atoms with Gasteiger partial charge in [0.2, 0.25) is 11.8 Å². The summed E-state index contributed by atoms with van der Waals surface area (Å²) in [5.41, 5.74) is 1.82. The summed E-state index contributed by atoms with van der Waals surface area (Å²) >= 11 is 3.47. The molecular weight excluding hydrogens is 344 g/mol. The first kappa shape index (κ1) is 14.5. The van der Waals surface area contributed by atoms with Gasteiger partial charge in [-0.15, -0.1) is 10.2 Å². The van der Waals surface area contributed by atoms with Crippen LogP contribution in [0.4, 0.5) is 0 Å². The standard InChI is InChI=1S/C17H13BrN2O2/c1-21-15-9-5-2-6-12(15)10-11-16-19-20-17(22-16)13-7-3-4-8-14(13)18/h2-11H,1H3/b11-10+. The number of rotatable bonds is 4. The Balaban J connectivity index is 1.86. The van der Waals surface area contributed by atoms with Gasteiger partial charge in [0.25, 0.3) is 0 Å². The quantitative estimate of drug-likeness (QED) is 0.680. The van der Waals surface area contributed by atoms with E-state index in [1.54, 1.807) is 13.2 Å². The SMILES string of the molecule is COc1ccccc1/C=C/c1nnc(-c2ccccc2Br)o1. The minimum absolute atomic E-state index is 0.441. The highest BCUT2D eigenvalue weighted by Crippen LogP contribution is 2.27. The van der Waals surface area contributed by atoms with Crippen LogP contribution >= 0.6 is 15.9 Å². The predicted molar refractivity (Wildman–Crippen MR) is 89.4 cm³/mol. The summed E-state index contributed by atoms with van der Waals surface area (Å²) in [5, 5.41) is 8.11. The van der Waals surface area contributed by atoms with Crippen LogP contribution in [-0.4, -0.2) is 17.3 Å². The molecule has 0 atom stereocenters. The molecule has 5 heteroatoms. The minimum Gasteiger partial charge on any atom is -0.496 e. The van der Waals surface area contributed by atoms with E-state index in [-0.39, 0.29) is 0 Å². The summed E-state index contributed by atoms with van der Waals surface area (Å²) in [4.78, 5) is 0. The van der Waals surface area contributed by atoms with Crippen LogP contribution in [0.3, 0.4) is 0 Å². The molecule has 0 amide bonds. The number of para-hydroxylation sites is 1. The van der Waals surface area contributed by atoms with Crippen molar-refractivity contribution in [1.82, 2.24) is 10.2 Å². The van der Waals surface area contributed by atoms with Gasteiger partial charge in [0.15, 0.2) is 0 Å². The fraction of sp³-hybridized carbons (Fsp3) is 0.0588. The largest absolute Gasteiger partial charge is 0.496 e. The summed E-state index contributed by atoms with van der Waals surface area (Å²) in [7, 11) is 1.64. The van der Waals surface area contributed by atoms with E-state index in [0.717, 1.165) is 21.3 Å². The number of ether oxygens (including phenoxy) is 1. The lowest BCUT2D eigenvalue weighted by Gasteiger charge is -2.02. The van der Waals surface area contributed by atoms with Crippen LogP contribution in [0.25, 0.3) is 23.6 Å². The Morgan fingerprint density at radius 2 is 1.77 bits per heavy atom. The van der Waals surface area contributed by atoms with E-state index >= 15 is 0 Å². The zero-order valence-corrected chi connectivity index (χ0v) is 13.4. The Morgan fingerprint density at radius 1 is 1.00 bits per heavy atom. The molecule has 0 N–H and O–H groups in total. The number of methoxy groups -OCH3 is 1. The van der Waals surface area contributed by atoms with Crippen molar-refractivity contribution in [3.63, 3.8) is 0 Å². The van der Waals surface area contributed by atoms with E-state index < -0.39 is 0 Å². The molecule has 0 unspecified atom stereocenters. The first-order valence-electron chi connectivity index (χ1n) is 6.67. The maximum Gasteiger partial charge on any atom is 0.249 e. The molecule has 0 spiro atoms. The number of hydrogen-bond donors (Lipinski definition) is 0. The topological polar surface area (TPSA) is 48.2 Å². The molecule has 1 heterocycles. The molecule has 0 fully saturated rings. The molecule has 0 saturated carbocycles. The van der Waals surface area contributed by atoms with E-state index in [1.807, 2.05) is 54.6 Å². The van der Waals surface area contributed by atoms with Crippen LogP contribution in [0.5, 0.6) is 5.75 Å². The second-order valence-electron chi connectivity index (χ2n) is 4.50. The van der Waals surface area contributed by atoms with Crippen LogP contribution in [0, 0.1) is 0 Å². The van der Waals surface area contributed by atoms with Gasteiger partial charge in [0.05, 0.1) is 12.7 Å². The third-order valence-corrected chi connectivity index (χ3v) is 3.78. The van der Waals surface area contributed by atoms with Gasteiger partial charge in [-0.3, -0.25) is 0 Å². The molecule has 3 aromatic rings. The summed E-state index contributed by atoms with van der Waals surface area (Å²) in [5.74, 6) is 1.72. The van der Waals surface area contributed by atoms with E-state index in [0.29, 0.717) is 11.8 Å². The zero-order valence-electron chi connectivity index (χ0n) is 11.9. The number of hydrogen-bond acceptors (Lipinski definition) is 4. The highest BCUT2D eigenvalue weighted by Gasteiger charge is 2.09. The average Bonchev–Trinajstić information content (AvgIpc) is 3.02. The lowest BCUT2D eigenvalue weighted by Crippen LogP contribution is -1.85. The van der Waals surface area contributed by atoms with Crippen molar-refractivity contribution in [3.05, 3.63) is 64.5 Å². The van der Waals surface area contributed by atoms with Crippen molar-refractivity contribution in [3.8, 4) is 17.2 Å². The molecule has 110 valence electrons. The number of aromatic nitrogens is 2. The van der Waals surface area contributed by atoms with Crippen molar-refractivity contribution < 1.29 is 9.15 Å².